The summed E-state index contributed by atoms with van der Waals surface area (Å²) in [6.07, 6.45) is 3.50. The van der Waals surface area contributed by atoms with Gasteiger partial charge in [-0.1, -0.05) is 22.4 Å². The van der Waals surface area contributed by atoms with Crippen LogP contribution in [0, 0.1) is 5.92 Å². The number of hydrogen-bond acceptors (Lipinski definition) is 2. The number of carbonyl (C=O) groups is 2. The fourth-order valence-corrected chi connectivity index (χ4v) is 3.29. The molecule has 0 heterocycles. The molecular weight excluding hydrogens is 392 g/mol. The van der Waals surface area contributed by atoms with Crippen LogP contribution in [0.4, 0.5) is 10.5 Å². The van der Waals surface area contributed by atoms with E-state index < -0.39 is 5.97 Å². The fraction of sp³-hybridized carbons (Fsp3) is 0.385. The minimum absolute atomic E-state index is 0.0324. The van der Waals surface area contributed by atoms with Gasteiger partial charge in [-0.15, -0.1) is 0 Å². The fourth-order valence-electron chi connectivity index (χ4n) is 1.96. The van der Waals surface area contributed by atoms with Crippen LogP contribution in [0.25, 0.3) is 0 Å². The van der Waals surface area contributed by atoms with E-state index in [1.165, 1.54) is 12.5 Å². The zero-order valence-electron chi connectivity index (χ0n) is 10.6. The van der Waals surface area contributed by atoms with Gasteiger partial charge in [0.1, 0.15) is 0 Å². The van der Waals surface area contributed by atoms with Gasteiger partial charge >= 0.3 is 12.0 Å². The van der Waals surface area contributed by atoms with Crippen molar-refractivity contribution in [2.75, 3.05) is 11.9 Å². The highest BCUT2D eigenvalue weighted by molar-refractivity contribution is 9.11. The number of nitrogens with one attached hydrogen (secondary N) is 2. The Morgan fingerprint density at radius 1 is 1.30 bits per heavy atom. The van der Waals surface area contributed by atoms with Crippen LogP contribution in [-0.4, -0.2) is 23.7 Å². The first-order valence-corrected chi connectivity index (χ1v) is 7.83. The van der Waals surface area contributed by atoms with Crippen LogP contribution in [-0.2, 0) is 0 Å². The van der Waals surface area contributed by atoms with Gasteiger partial charge in [0.2, 0.25) is 0 Å². The van der Waals surface area contributed by atoms with Crippen molar-refractivity contribution < 1.29 is 14.7 Å². The molecule has 5 nitrogen and oxygen atoms in total. The standard InChI is InChI=1S/C13H14Br2N2O3/c14-8-4-9(12(18)19)11(10(15)5-8)17-13(20)16-6-7-2-1-3-7/h4-5,7H,1-3,6H2,(H,18,19)(H2,16,17,20). The zero-order chi connectivity index (χ0) is 14.7. The molecule has 1 aliphatic rings. The first-order valence-electron chi connectivity index (χ1n) is 6.24. The van der Waals surface area contributed by atoms with Crippen LogP contribution < -0.4 is 10.6 Å². The highest BCUT2D eigenvalue weighted by atomic mass is 79.9. The van der Waals surface area contributed by atoms with Gasteiger partial charge in [0.15, 0.2) is 0 Å². The first-order chi connectivity index (χ1) is 9.47. The average molecular weight is 406 g/mol. The van der Waals surface area contributed by atoms with Crippen molar-refractivity contribution in [2.24, 2.45) is 5.92 Å². The summed E-state index contributed by atoms with van der Waals surface area (Å²) in [6, 6.07) is 2.75. The molecule has 0 radical (unpaired) electrons. The Hall–Kier alpha value is -1.08. The molecule has 0 saturated heterocycles. The van der Waals surface area contributed by atoms with E-state index in [0.29, 0.717) is 21.4 Å². The largest absolute Gasteiger partial charge is 0.478 e. The molecule has 0 atom stereocenters. The summed E-state index contributed by atoms with van der Waals surface area (Å²) >= 11 is 6.49. The molecule has 1 saturated carbocycles. The maximum atomic E-state index is 11.8. The molecule has 1 aromatic rings. The summed E-state index contributed by atoms with van der Waals surface area (Å²) in [4.78, 5) is 23.0. The summed E-state index contributed by atoms with van der Waals surface area (Å²) in [5.41, 5.74) is 0.289. The van der Waals surface area contributed by atoms with Gasteiger partial charge in [-0.2, -0.15) is 0 Å². The SMILES string of the molecule is O=C(NCC1CCC1)Nc1c(Br)cc(Br)cc1C(=O)O. The molecule has 0 unspecified atom stereocenters. The van der Waals surface area contributed by atoms with Crippen molar-refractivity contribution in [1.29, 1.82) is 0 Å². The molecule has 0 aliphatic heterocycles. The monoisotopic (exact) mass is 404 g/mol. The molecule has 7 heteroatoms. The molecule has 0 aromatic heterocycles. The van der Waals surface area contributed by atoms with E-state index in [1.54, 1.807) is 6.07 Å². The smallest absolute Gasteiger partial charge is 0.337 e. The molecular formula is C13H14Br2N2O3. The average Bonchev–Trinajstić information content (AvgIpc) is 2.30. The van der Waals surface area contributed by atoms with E-state index in [-0.39, 0.29) is 17.3 Å². The number of rotatable bonds is 4. The molecule has 3 N–H and O–H groups in total. The Morgan fingerprint density at radius 3 is 2.55 bits per heavy atom. The Bertz CT molecular complexity index is 545. The quantitative estimate of drug-likeness (QED) is 0.712. The van der Waals surface area contributed by atoms with Gasteiger partial charge in [0, 0.05) is 15.5 Å². The number of urea groups is 1. The molecule has 2 amide bonds. The van der Waals surface area contributed by atoms with Gasteiger partial charge < -0.3 is 15.7 Å². The van der Waals surface area contributed by atoms with Crippen LogP contribution in [0.1, 0.15) is 29.6 Å². The Labute approximate surface area is 133 Å². The van der Waals surface area contributed by atoms with E-state index >= 15 is 0 Å². The molecule has 1 aliphatic carbocycles. The minimum Gasteiger partial charge on any atom is -0.478 e. The molecule has 20 heavy (non-hydrogen) atoms. The normalized spacial score (nSPS) is 14.5. The van der Waals surface area contributed by atoms with Crippen molar-refractivity contribution in [3.8, 4) is 0 Å². The van der Waals surface area contributed by atoms with Crippen molar-refractivity contribution in [1.82, 2.24) is 5.32 Å². The van der Waals surface area contributed by atoms with E-state index in [9.17, 15) is 14.7 Å². The van der Waals surface area contributed by atoms with Crippen LogP contribution in [0.3, 0.4) is 0 Å². The number of carboxylic acid groups (broad SMARTS) is 1. The highest BCUT2D eigenvalue weighted by Gasteiger charge is 2.20. The topological polar surface area (TPSA) is 78.4 Å². The van der Waals surface area contributed by atoms with Crippen molar-refractivity contribution in [3.05, 3.63) is 26.6 Å². The molecule has 108 valence electrons. The number of hydrogen-bond donors (Lipinski definition) is 3. The number of halogens is 2. The number of carbonyl (C=O) groups excluding carboxylic acids is 1. The maximum Gasteiger partial charge on any atom is 0.337 e. The Balaban J connectivity index is 2.07. The van der Waals surface area contributed by atoms with E-state index in [2.05, 4.69) is 42.5 Å². The second-order valence-electron chi connectivity index (χ2n) is 4.75. The van der Waals surface area contributed by atoms with Crippen LogP contribution in [0.5, 0.6) is 0 Å². The summed E-state index contributed by atoms with van der Waals surface area (Å²) in [6.45, 7) is 0.627. The molecule has 0 bridgehead atoms. The summed E-state index contributed by atoms with van der Waals surface area (Å²) in [5.74, 6) is -0.547. The number of aromatic carboxylic acids is 1. The van der Waals surface area contributed by atoms with Gasteiger partial charge in [0.25, 0.3) is 0 Å². The molecule has 2 rings (SSSR count). The highest BCUT2D eigenvalue weighted by Crippen LogP contribution is 2.31. The summed E-state index contributed by atoms with van der Waals surface area (Å²) < 4.78 is 1.14. The number of benzene rings is 1. The lowest BCUT2D eigenvalue weighted by molar-refractivity contribution is 0.0698. The van der Waals surface area contributed by atoms with Crippen LogP contribution in [0.2, 0.25) is 0 Å². The molecule has 1 fully saturated rings. The third-order valence-electron chi connectivity index (χ3n) is 3.30. The molecule has 1 aromatic carbocycles. The second-order valence-corrected chi connectivity index (χ2v) is 6.52. The van der Waals surface area contributed by atoms with Gasteiger partial charge in [-0.3, -0.25) is 0 Å². The number of anilines is 1. The third-order valence-corrected chi connectivity index (χ3v) is 4.38. The van der Waals surface area contributed by atoms with E-state index in [0.717, 1.165) is 12.8 Å². The van der Waals surface area contributed by atoms with Crippen molar-refractivity contribution in [2.45, 2.75) is 19.3 Å². The lowest BCUT2D eigenvalue weighted by atomic mass is 9.85. The zero-order valence-corrected chi connectivity index (χ0v) is 13.8. The number of amides is 2. The predicted molar refractivity (Wildman–Crippen MR) is 83.2 cm³/mol. The van der Waals surface area contributed by atoms with E-state index in [1.807, 2.05) is 0 Å². The van der Waals surface area contributed by atoms with Gasteiger partial charge in [-0.05, 0) is 46.8 Å². The first kappa shape index (κ1) is 15.3. The van der Waals surface area contributed by atoms with Crippen molar-refractivity contribution in [3.63, 3.8) is 0 Å². The minimum atomic E-state index is -1.10. The summed E-state index contributed by atoms with van der Waals surface area (Å²) in [7, 11) is 0. The Kier molecular flexibility index (Phi) is 5.04. The third kappa shape index (κ3) is 3.73. The van der Waals surface area contributed by atoms with Crippen LogP contribution in [0.15, 0.2) is 21.1 Å². The lowest BCUT2D eigenvalue weighted by Crippen LogP contribution is -2.35. The number of carboxylic acids is 1. The maximum absolute atomic E-state index is 11.8. The van der Waals surface area contributed by atoms with E-state index in [4.69, 9.17) is 0 Å². The van der Waals surface area contributed by atoms with Gasteiger partial charge in [0.05, 0.1) is 11.3 Å². The Morgan fingerprint density at radius 2 is 2.00 bits per heavy atom. The van der Waals surface area contributed by atoms with Crippen LogP contribution >= 0.6 is 31.9 Å². The van der Waals surface area contributed by atoms with Crippen molar-refractivity contribution >= 4 is 49.5 Å². The molecule has 0 spiro atoms. The predicted octanol–water partition coefficient (Wildman–Crippen LogP) is 3.83. The second kappa shape index (κ2) is 6.58. The lowest BCUT2D eigenvalue weighted by Gasteiger charge is -2.25. The van der Waals surface area contributed by atoms with Gasteiger partial charge in [-0.25, -0.2) is 9.59 Å². The summed E-state index contributed by atoms with van der Waals surface area (Å²) in [5, 5.41) is 14.5.